The molecule has 0 radical (unpaired) electrons. The van der Waals surface area contributed by atoms with Crippen LogP contribution in [0.25, 0.3) is 0 Å². The smallest absolute Gasteiger partial charge is 0.249 e. The topological polar surface area (TPSA) is 56.4 Å². The number of nitrogens with zero attached hydrogens (tertiary/aromatic N) is 1. The van der Waals surface area contributed by atoms with E-state index in [1.54, 1.807) is 12.1 Å². The van der Waals surface area contributed by atoms with Crippen molar-refractivity contribution in [1.29, 1.82) is 0 Å². The number of aliphatic hydroxyl groups excluding tert-OH is 1. The molecule has 0 aromatic carbocycles. The van der Waals surface area contributed by atoms with Gasteiger partial charge in [-0.1, -0.05) is 0 Å². The lowest BCUT2D eigenvalue weighted by Gasteiger charge is -2.07. The molecule has 1 aromatic rings. The predicted molar refractivity (Wildman–Crippen MR) is 37.4 cm³/mol. The molecule has 11 heavy (non-hydrogen) atoms. The summed E-state index contributed by atoms with van der Waals surface area (Å²) in [5, 5.41) is 20.0. The van der Waals surface area contributed by atoms with Crippen molar-refractivity contribution in [2.24, 2.45) is 0 Å². The van der Waals surface area contributed by atoms with Crippen LogP contribution >= 0.6 is 0 Å². The summed E-state index contributed by atoms with van der Waals surface area (Å²) in [6.45, 7) is 0. The van der Waals surface area contributed by atoms with E-state index in [9.17, 15) is 5.21 Å². The van der Waals surface area contributed by atoms with Crippen molar-refractivity contribution in [1.82, 2.24) is 0 Å². The Kier molecular flexibility index (Phi) is 2.40. The van der Waals surface area contributed by atoms with Crippen molar-refractivity contribution in [3.63, 3.8) is 0 Å². The minimum absolute atomic E-state index is 0.190. The monoisotopic (exact) mass is 155 g/mol. The van der Waals surface area contributed by atoms with Crippen LogP contribution in [0.15, 0.2) is 24.4 Å². The van der Waals surface area contributed by atoms with E-state index in [0.29, 0.717) is 4.73 Å². The molecular weight excluding hydrogens is 146 g/mol. The Morgan fingerprint density at radius 3 is 2.91 bits per heavy atom. The molecule has 0 aliphatic heterocycles. The molecule has 1 atom stereocenters. The zero-order chi connectivity index (χ0) is 8.27. The summed E-state index contributed by atoms with van der Waals surface area (Å²) in [4.78, 5) is 0. The SMILES string of the molecule is COC(O)c1cccc[n+]1[O-]. The maximum absolute atomic E-state index is 10.9. The molecule has 0 aliphatic carbocycles. The minimum atomic E-state index is -1.14. The van der Waals surface area contributed by atoms with E-state index in [0.717, 1.165) is 0 Å². The number of aromatic nitrogens is 1. The lowest BCUT2D eigenvalue weighted by atomic mass is 10.3. The number of hydrogen-bond donors (Lipinski definition) is 1. The van der Waals surface area contributed by atoms with Crippen LogP contribution in [-0.2, 0) is 4.74 Å². The van der Waals surface area contributed by atoms with Gasteiger partial charge in [0, 0.05) is 19.2 Å². The highest BCUT2D eigenvalue weighted by atomic mass is 16.6. The highest BCUT2D eigenvalue weighted by Gasteiger charge is 2.13. The minimum Gasteiger partial charge on any atom is -0.618 e. The Labute approximate surface area is 64.2 Å². The van der Waals surface area contributed by atoms with Gasteiger partial charge in [0.25, 0.3) is 0 Å². The maximum atomic E-state index is 10.9. The molecular formula is C7H9NO3. The quantitative estimate of drug-likeness (QED) is 0.370. The van der Waals surface area contributed by atoms with Gasteiger partial charge in [0.05, 0.1) is 0 Å². The lowest BCUT2D eigenvalue weighted by Crippen LogP contribution is -2.33. The Morgan fingerprint density at radius 2 is 2.36 bits per heavy atom. The van der Waals surface area contributed by atoms with Crippen LogP contribution in [0.2, 0.25) is 0 Å². The van der Waals surface area contributed by atoms with Gasteiger partial charge in [0.15, 0.2) is 6.20 Å². The van der Waals surface area contributed by atoms with Gasteiger partial charge in [-0.15, -0.1) is 0 Å². The molecule has 60 valence electrons. The van der Waals surface area contributed by atoms with Gasteiger partial charge in [-0.2, -0.15) is 4.73 Å². The highest BCUT2D eigenvalue weighted by Crippen LogP contribution is 2.06. The second kappa shape index (κ2) is 3.32. The van der Waals surface area contributed by atoms with Crippen LogP contribution in [-0.4, -0.2) is 12.2 Å². The summed E-state index contributed by atoms with van der Waals surface area (Å²) >= 11 is 0. The van der Waals surface area contributed by atoms with Gasteiger partial charge in [-0.3, -0.25) is 0 Å². The number of methoxy groups -OCH3 is 1. The van der Waals surface area contributed by atoms with Crippen molar-refractivity contribution in [3.8, 4) is 0 Å². The van der Waals surface area contributed by atoms with E-state index in [1.807, 2.05) is 0 Å². The van der Waals surface area contributed by atoms with Gasteiger partial charge >= 0.3 is 0 Å². The number of hydrogen-bond acceptors (Lipinski definition) is 3. The van der Waals surface area contributed by atoms with Crippen molar-refractivity contribution in [2.45, 2.75) is 6.29 Å². The summed E-state index contributed by atoms with van der Waals surface area (Å²) in [5.41, 5.74) is 0.190. The molecule has 4 heteroatoms. The van der Waals surface area contributed by atoms with E-state index in [2.05, 4.69) is 4.74 Å². The standard InChI is InChI=1S/C7H9NO3/c1-11-7(9)6-4-2-3-5-8(6)10/h2-5,7,9H,1H3. The van der Waals surface area contributed by atoms with Gasteiger partial charge in [0.1, 0.15) is 0 Å². The molecule has 0 aliphatic rings. The number of ether oxygens (including phenoxy) is 1. The normalized spacial score (nSPS) is 12.9. The number of rotatable bonds is 2. The summed E-state index contributed by atoms with van der Waals surface area (Å²) in [6.07, 6.45) is 0.158. The molecule has 1 heterocycles. The lowest BCUT2D eigenvalue weighted by molar-refractivity contribution is -0.623. The summed E-state index contributed by atoms with van der Waals surface area (Å²) < 4.78 is 5.12. The first kappa shape index (κ1) is 7.97. The second-order valence-electron chi connectivity index (χ2n) is 2.04. The largest absolute Gasteiger partial charge is 0.618 e. The van der Waals surface area contributed by atoms with Gasteiger partial charge < -0.3 is 15.1 Å². The molecule has 1 aromatic heterocycles. The van der Waals surface area contributed by atoms with Crippen molar-refractivity contribution in [2.75, 3.05) is 7.11 Å². The zero-order valence-electron chi connectivity index (χ0n) is 6.10. The summed E-state index contributed by atoms with van der Waals surface area (Å²) in [6, 6.07) is 4.74. The Bertz CT molecular complexity index is 239. The molecule has 4 nitrogen and oxygen atoms in total. The van der Waals surface area contributed by atoms with Crippen LogP contribution in [0, 0.1) is 5.21 Å². The maximum Gasteiger partial charge on any atom is 0.249 e. The van der Waals surface area contributed by atoms with Crippen molar-refractivity contribution >= 4 is 0 Å². The van der Waals surface area contributed by atoms with E-state index in [1.165, 1.54) is 19.4 Å². The average Bonchev–Trinajstić information content (AvgIpc) is 2.04. The fourth-order valence-electron chi connectivity index (χ4n) is 0.753. The van der Waals surface area contributed by atoms with E-state index >= 15 is 0 Å². The van der Waals surface area contributed by atoms with Crippen LogP contribution in [0.4, 0.5) is 0 Å². The molecule has 0 fully saturated rings. The van der Waals surface area contributed by atoms with Crippen LogP contribution in [0.3, 0.4) is 0 Å². The number of aliphatic hydroxyl groups is 1. The first-order chi connectivity index (χ1) is 5.25. The average molecular weight is 155 g/mol. The van der Waals surface area contributed by atoms with E-state index in [4.69, 9.17) is 5.11 Å². The molecule has 1 N–H and O–H groups in total. The predicted octanol–water partition coefficient (Wildman–Crippen LogP) is -0.0427. The third kappa shape index (κ3) is 1.66. The first-order valence-electron chi connectivity index (χ1n) is 3.14. The molecule has 0 spiro atoms. The second-order valence-corrected chi connectivity index (χ2v) is 2.04. The Balaban J connectivity index is 2.93. The van der Waals surface area contributed by atoms with Crippen LogP contribution < -0.4 is 4.73 Å². The molecule has 0 amide bonds. The van der Waals surface area contributed by atoms with Gasteiger partial charge in [-0.05, 0) is 6.07 Å². The van der Waals surface area contributed by atoms with Gasteiger partial charge in [0.2, 0.25) is 12.0 Å². The van der Waals surface area contributed by atoms with Crippen molar-refractivity contribution < 1.29 is 14.6 Å². The molecule has 1 unspecified atom stereocenters. The fourth-order valence-corrected chi connectivity index (χ4v) is 0.753. The van der Waals surface area contributed by atoms with Gasteiger partial charge in [-0.25, -0.2) is 0 Å². The van der Waals surface area contributed by atoms with E-state index in [-0.39, 0.29) is 5.69 Å². The third-order valence-electron chi connectivity index (χ3n) is 1.33. The van der Waals surface area contributed by atoms with Crippen LogP contribution in [0.5, 0.6) is 0 Å². The van der Waals surface area contributed by atoms with E-state index < -0.39 is 6.29 Å². The first-order valence-corrected chi connectivity index (χ1v) is 3.14. The molecule has 1 rings (SSSR count). The van der Waals surface area contributed by atoms with Crippen molar-refractivity contribution in [3.05, 3.63) is 35.3 Å². The molecule has 0 bridgehead atoms. The third-order valence-corrected chi connectivity index (χ3v) is 1.33. The molecule has 0 saturated heterocycles. The number of pyridine rings is 1. The summed E-state index contributed by atoms with van der Waals surface area (Å²) in [7, 11) is 1.33. The fraction of sp³-hybridized carbons (Fsp3) is 0.286. The zero-order valence-corrected chi connectivity index (χ0v) is 6.10. The summed E-state index contributed by atoms with van der Waals surface area (Å²) in [5.74, 6) is 0. The molecule has 0 saturated carbocycles. The van der Waals surface area contributed by atoms with Crippen LogP contribution in [0.1, 0.15) is 12.0 Å². The Hall–Kier alpha value is -1.13. The Morgan fingerprint density at radius 1 is 1.64 bits per heavy atom. The highest BCUT2D eigenvalue weighted by molar-refractivity contribution is 4.98.